The molecule has 192 valence electrons. The van der Waals surface area contributed by atoms with Crippen LogP contribution in [0.5, 0.6) is 0 Å². The second-order valence-electron chi connectivity index (χ2n) is 10.3. The number of hydrogen-bond acceptors (Lipinski definition) is 2. The predicted molar refractivity (Wildman–Crippen MR) is 170 cm³/mol. The van der Waals surface area contributed by atoms with Crippen molar-refractivity contribution in [2.75, 3.05) is 0 Å². The molecule has 0 aliphatic carbocycles. The Balaban J connectivity index is 1.48. The highest BCUT2D eigenvalue weighted by molar-refractivity contribution is 6.09. The maximum Gasteiger partial charge on any atom is 0.101 e. The van der Waals surface area contributed by atoms with E-state index < -0.39 is 0 Å². The van der Waals surface area contributed by atoms with E-state index in [1.54, 1.807) is 0 Å². The summed E-state index contributed by atoms with van der Waals surface area (Å²) in [5.41, 5.74) is 9.63. The molecule has 0 bridgehead atoms. The van der Waals surface area contributed by atoms with Crippen molar-refractivity contribution in [1.82, 2.24) is 14.6 Å². The fraction of sp³-hybridized carbons (Fsp3) is 0. The molecule has 0 unspecified atom stereocenters. The summed E-state index contributed by atoms with van der Waals surface area (Å²) in [5, 5.41) is 10.1. The lowest BCUT2D eigenvalue weighted by Crippen LogP contribution is -1.97. The lowest BCUT2D eigenvalue weighted by Gasteiger charge is -2.12. The lowest BCUT2D eigenvalue weighted by molar-refractivity contribution is 0.972. The van der Waals surface area contributed by atoms with Crippen molar-refractivity contribution in [3.63, 3.8) is 0 Å². The number of hydrogen-bond donors (Lipinski definition) is 0. The van der Waals surface area contributed by atoms with Crippen LogP contribution in [0.2, 0.25) is 0 Å². The van der Waals surface area contributed by atoms with Crippen molar-refractivity contribution in [3.05, 3.63) is 152 Å². The topological polar surface area (TPSA) is 30.2 Å². The number of aromatic nitrogens is 3. The molecule has 0 saturated heterocycles. The van der Waals surface area contributed by atoms with Crippen LogP contribution < -0.4 is 0 Å². The Morgan fingerprint density at radius 3 is 2.02 bits per heavy atom. The van der Waals surface area contributed by atoms with Crippen LogP contribution in [-0.2, 0) is 0 Å². The number of pyridine rings is 2. The third-order valence-corrected chi connectivity index (χ3v) is 7.85. The van der Waals surface area contributed by atoms with E-state index >= 15 is 0 Å². The van der Waals surface area contributed by atoms with Gasteiger partial charge in [-0.05, 0) is 57.1 Å². The summed E-state index contributed by atoms with van der Waals surface area (Å²) in [4.78, 5) is 4.71. The minimum atomic E-state index is 0.890. The minimum absolute atomic E-state index is 0.890. The second kappa shape index (κ2) is 9.58. The monoisotopic (exact) mass is 523 g/mol. The van der Waals surface area contributed by atoms with Gasteiger partial charge in [-0.25, -0.2) is 4.52 Å². The molecule has 3 aromatic heterocycles. The third kappa shape index (κ3) is 3.90. The molecule has 0 fully saturated rings. The summed E-state index contributed by atoms with van der Waals surface area (Å²) in [6, 6.07) is 51.3. The van der Waals surface area contributed by atoms with E-state index in [1.807, 2.05) is 24.4 Å². The SMILES string of the molecule is c1ccc(-c2nn3c(-c4ccccn4)cc4ccccc4c3c2-c2cccc(-c3cccc4ccccc34)c2)cc1. The first-order valence-electron chi connectivity index (χ1n) is 13.8. The first-order valence-corrected chi connectivity index (χ1v) is 13.8. The van der Waals surface area contributed by atoms with Crippen LogP contribution in [0.1, 0.15) is 0 Å². The molecule has 0 aliphatic rings. The van der Waals surface area contributed by atoms with Crippen LogP contribution in [0.25, 0.3) is 72.0 Å². The van der Waals surface area contributed by atoms with E-state index in [9.17, 15) is 0 Å². The quantitative estimate of drug-likeness (QED) is 0.230. The number of fused-ring (bicyclic) bond motifs is 4. The van der Waals surface area contributed by atoms with E-state index in [0.717, 1.165) is 50.1 Å². The van der Waals surface area contributed by atoms with Crippen molar-refractivity contribution in [2.24, 2.45) is 0 Å². The average molecular weight is 524 g/mol. The van der Waals surface area contributed by atoms with Gasteiger partial charge in [0, 0.05) is 22.7 Å². The second-order valence-corrected chi connectivity index (χ2v) is 10.3. The summed E-state index contributed by atoms with van der Waals surface area (Å²) in [6.45, 7) is 0. The van der Waals surface area contributed by atoms with E-state index in [-0.39, 0.29) is 0 Å². The zero-order chi connectivity index (χ0) is 27.2. The minimum Gasteiger partial charge on any atom is -0.255 e. The maximum atomic E-state index is 5.31. The predicted octanol–water partition coefficient (Wildman–Crippen LogP) is 9.70. The van der Waals surface area contributed by atoms with Gasteiger partial charge in [0.25, 0.3) is 0 Å². The molecule has 0 N–H and O–H groups in total. The molecule has 3 heteroatoms. The van der Waals surface area contributed by atoms with Crippen molar-refractivity contribution in [2.45, 2.75) is 0 Å². The van der Waals surface area contributed by atoms with Gasteiger partial charge in [0.05, 0.1) is 16.9 Å². The summed E-state index contributed by atoms with van der Waals surface area (Å²) in [7, 11) is 0. The Morgan fingerprint density at radius 1 is 0.488 bits per heavy atom. The molecule has 8 aromatic rings. The summed E-state index contributed by atoms with van der Waals surface area (Å²) < 4.78 is 2.09. The van der Waals surface area contributed by atoms with Crippen LogP contribution in [0, 0.1) is 0 Å². The summed E-state index contributed by atoms with van der Waals surface area (Å²) in [6.07, 6.45) is 1.84. The highest BCUT2D eigenvalue weighted by Gasteiger charge is 2.22. The fourth-order valence-corrected chi connectivity index (χ4v) is 5.98. The highest BCUT2D eigenvalue weighted by Crippen LogP contribution is 2.42. The smallest absolute Gasteiger partial charge is 0.101 e. The third-order valence-electron chi connectivity index (χ3n) is 7.85. The van der Waals surface area contributed by atoms with Crippen molar-refractivity contribution in [1.29, 1.82) is 0 Å². The van der Waals surface area contributed by atoms with Gasteiger partial charge in [0.2, 0.25) is 0 Å². The average Bonchev–Trinajstić information content (AvgIpc) is 3.46. The van der Waals surface area contributed by atoms with Gasteiger partial charge in [0.15, 0.2) is 0 Å². The van der Waals surface area contributed by atoms with Crippen LogP contribution in [0.3, 0.4) is 0 Å². The van der Waals surface area contributed by atoms with Gasteiger partial charge in [-0.1, -0.05) is 121 Å². The van der Waals surface area contributed by atoms with Gasteiger partial charge in [-0.2, -0.15) is 5.10 Å². The van der Waals surface area contributed by atoms with Crippen LogP contribution in [0.4, 0.5) is 0 Å². The first-order chi connectivity index (χ1) is 20.3. The molecule has 0 amide bonds. The molecule has 0 saturated carbocycles. The van der Waals surface area contributed by atoms with Crippen LogP contribution in [0.15, 0.2) is 152 Å². The molecule has 0 radical (unpaired) electrons. The van der Waals surface area contributed by atoms with Gasteiger partial charge < -0.3 is 0 Å². The Hall–Kier alpha value is -5.54. The zero-order valence-corrected chi connectivity index (χ0v) is 22.3. The Bertz CT molecular complexity index is 2190. The number of benzene rings is 5. The molecule has 5 aromatic carbocycles. The zero-order valence-electron chi connectivity index (χ0n) is 22.3. The molecule has 3 heterocycles. The number of nitrogens with zero attached hydrogens (tertiary/aromatic N) is 3. The largest absolute Gasteiger partial charge is 0.255 e. The Kier molecular flexibility index (Phi) is 5.46. The standard InChI is InChI=1S/C38H25N3/c1-2-13-27(14-3-1)37-36(30-18-10-17-28(24-30)32-21-11-16-26-12-4-6-19-31(26)32)38-33-20-7-5-15-29(33)25-35(41(38)40-37)34-22-8-9-23-39-34/h1-25H. The molecular weight excluding hydrogens is 498 g/mol. The Labute approximate surface area is 238 Å². The molecule has 8 rings (SSSR count). The summed E-state index contributed by atoms with van der Waals surface area (Å²) in [5.74, 6) is 0. The highest BCUT2D eigenvalue weighted by atomic mass is 15.2. The van der Waals surface area contributed by atoms with Gasteiger partial charge >= 0.3 is 0 Å². The molecule has 0 aliphatic heterocycles. The first kappa shape index (κ1) is 23.4. The molecule has 3 nitrogen and oxygen atoms in total. The van der Waals surface area contributed by atoms with Crippen molar-refractivity contribution in [3.8, 4) is 44.9 Å². The summed E-state index contributed by atoms with van der Waals surface area (Å²) >= 11 is 0. The van der Waals surface area contributed by atoms with E-state index in [0.29, 0.717) is 0 Å². The van der Waals surface area contributed by atoms with E-state index in [4.69, 9.17) is 10.1 Å². The number of rotatable bonds is 4. The fourth-order valence-electron chi connectivity index (χ4n) is 5.98. The van der Waals surface area contributed by atoms with Crippen molar-refractivity contribution < 1.29 is 0 Å². The molecular formula is C38H25N3. The van der Waals surface area contributed by atoms with Crippen molar-refractivity contribution >= 4 is 27.1 Å². The van der Waals surface area contributed by atoms with Crippen LogP contribution >= 0.6 is 0 Å². The maximum absolute atomic E-state index is 5.31. The normalized spacial score (nSPS) is 11.4. The van der Waals surface area contributed by atoms with Gasteiger partial charge in [0.1, 0.15) is 5.69 Å². The van der Waals surface area contributed by atoms with Gasteiger partial charge in [-0.3, -0.25) is 4.98 Å². The van der Waals surface area contributed by atoms with E-state index in [2.05, 4.69) is 132 Å². The van der Waals surface area contributed by atoms with E-state index in [1.165, 1.54) is 21.9 Å². The van der Waals surface area contributed by atoms with Gasteiger partial charge in [-0.15, -0.1) is 0 Å². The molecule has 41 heavy (non-hydrogen) atoms. The lowest BCUT2D eigenvalue weighted by atomic mass is 9.93. The molecule has 0 spiro atoms. The Morgan fingerprint density at radius 2 is 1.17 bits per heavy atom. The van der Waals surface area contributed by atoms with Crippen LogP contribution in [-0.4, -0.2) is 14.6 Å². The molecule has 0 atom stereocenters.